The van der Waals surface area contributed by atoms with E-state index in [0.29, 0.717) is 15.6 Å². The standard InChI is InChI=1S/C19H20Cl2N2O/c1-2-3-5-10-18(14-8-6-4-7-9-14)22-23-19(24)16-12-11-15(20)13-17(16)21/h4,6-9,11-13H,2-3,5,10H2,1H3,(H,23,24)/b22-18-. The van der Waals surface area contributed by atoms with Gasteiger partial charge < -0.3 is 0 Å². The molecule has 0 heterocycles. The number of carbonyl (C=O) groups excluding carboxylic acids is 1. The Bertz CT molecular complexity index is 715. The van der Waals surface area contributed by atoms with Crippen LogP contribution in [0.2, 0.25) is 10.0 Å². The highest BCUT2D eigenvalue weighted by Gasteiger charge is 2.11. The average molecular weight is 363 g/mol. The number of halogens is 2. The fourth-order valence-corrected chi connectivity index (χ4v) is 2.78. The molecule has 0 spiro atoms. The smallest absolute Gasteiger partial charge is 0.267 e. The van der Waals surface area contributed by atoms with E-state index in [9.17, 15) is 4.79 Å². The topological polar surface area (TPSA) is 41.5 Å². The predicted molar refractivity (Wildman–Crippen MR) is 101 cm³/mol. The summed E-state index contributed by atoms with van der Waals surface area (Å²) in [5, 5.41) is 5.13. The van der Waals surface area contributed by atoms with Gasteiger partial charge in [-0.3, -0.25) is 4.79 Å². The molecule has 0 aliphatic heterocycles. The Morgan fingerprint density at radius 2 is 1.83 bits per heavy atom. The van der Waals surface area contributed by atoms with Gasteiger partial charge in [-0.25, -0.2) is 5.43 Å². The molecule has 2 rings (SSSR count). The maximum absolute atomic E-state index is 12.3. The Balaban J connectivity index is 2.15. The number of rotatable bonds is 7. The van der Waals surface area contributed by atoms with Crippen molar-refractivity contribution in [3.05, 3.63) is 69.7 Å². The monoisotopic (exact) mass is 362 g/mol. The highest BCUT2D eigenvalue weighted by molar-refractivity contribution is 6.36. The molecule has 2 aromatic rings. The maximum atomic E-state index is 12.3. The zero-order chi connectivity index (χ0) is 17.4. The van der Waals surface area contributed by atoms with Crippen molar-refractivity contribution in [3.8, 4) is 0 Å². The molecule has 0 aliphatic carbocycles. The van der Waals surface area contributed by atoms with Crippen LogP contribution in [0.4, 0.5) is 0 Å². The van der Waals surface area contributed by atoms with Crippen molar-refractivity contribution >= 4 is 34.8 Å². The lowest BCUT2D eigenvalue weighted by atomic mass is 10.0. The van der Waals surface area contributed by atoms with E-state index in [0.717, 1.165) is 37.0 Å². The number of amides is 1. The Kier molecular flexibility index (Phi) is 7.29. The molecule has 0 atom stereocenters. The van der Waals surface area contributed by atoms with Crippen molar-refractivity contribution in [1.82, 2.24) is 5.43 Å². The summed E-state index contributed by atoms with van der Waals surface area (Å²) in [6.07, 6.45) is 4.10. The summed E-state index contributed by atoms with van der Waals surface area (Å²) in [6, 6.07) is 14.6. The van der Waals surface area contributed by atoms with Gasteiger partial charge in [0.2, 0.25) is 0 Å². The number of nitrogens with zero attached hydrogens (tertiary/aromatic N) is 1. The van der Waals surface area contributed by atoms with Crippen molar-refractivity contribution in [1.29, 1.82) is 0 Å². The molecule has 24 heavy (non-hydrogen) atoms. The molecule has 0 bridgehead atoms. The summed E-state index contributed by atoms with van der Waals surface area (Å²) >= 11 is 11.9. The normalized spacial score (nSPS) is 11.4. The number of hydrogen-bond acceptors (Lipinski definition) is 2. The molecular weight excluding hydrogens is 343 g/mol. The number of benzene rings is 2. The molecule has 0 aromatic heterocycles. The fourth-order valence-electron chi connectivity index (χ4n) is 2.29. The first-order valence-electron chi connectivity index (χ1n) is 7.99. The van der Waals surface area contributed by atoms with Crippen LogP contribution < -0.4 is 5.43 Å². The second-order valence-corrected chi connectivity index (χ2v) is 6.29. The van der Waals surface area contributed by atoms with Crippen molar-refractivity contribution < 1.29 is 4.79 Å². The molecule has 2 aromatic carbocycles. The van der Waals surface area contributed by atoms with E-state index in [4.69, 9.17) is 23.2 Å². The SMILES string of the molecule is CCCCC/C(=N/NC(=O)c1ccc(Cl)cc1Cl)c1ccccc1. The molecule has 5 heteroatoms. The van der Waals surface area contributed by atoms with Gasteiger partial charge in [0.05, 0.1) is 16.3 Å². The average Bonchev–Trinajstić information content (AvgIpc) is 2.58. The van der Waals surface area contributed by atoms with Crippen molar-refractivity contribution in [3.63, 3.8) is 0 Å². The summed E-state index contributed by atoms with van der Waals surface area (Å²) in [4.78, 5) is 12.3. The van der Waals surface area contributed by atoms with Gasteiger partial charge in [-0.05, 0) is 36.6 Å². The van der Waals surface area contributed by atoms with Crippen LogP contribution in [0, 0.1) is 0 Å². The van der Waals surface area contributed by atoms with Crippen LogP contribution in [0.1, 0.15) is 48.5 Å². The second-order valence-electron chi connectivity index (χ2n) is 5.45. The van der Waals surface area contributed by atoms with E-state index in [1.165, 1.54) is 0 Å². The van der Waals surface area contributed by atoms with Crippen LogP contribution in [0.25, 0.3) is 0 Å². The highest BCUT2D eigenvalue weighted by Crippen LogP contribution is 2.20. The van der Waals surface area contributed by atoms with Crippen LogP contribution >= 0.6 is 23.2 Å². The van der Waals surface area contributed by atoms with Crippen LogP contribution in [-0.2, 0) is 0 Å². The second kappa shape index (κ2) is 9.45. The van der Waals surface area contributed by atoms with Gasteiger partial charge in [0, 0.05) is 5.02 Å². The summed E-state index contributed by atoms with van der Waals surface area (Å²) in [6.45, 7) is 2.16. The number of hydrogen-bond donors (Lipinski definition) is 1. The zero-order valence-electron chi connectivity index (χ0n) is 13.6. The summed E-state index contributed by atoms with van der Waals surface area (Å²) < 4.78 is 0. The minimum atomic E-state index is -0.347. The quantitative estimate of drug-likeness (QED) is 0.382. The minimum Gasteiger partial charge on any atom is -0.267 e. The largest absolute Gasteiger partial charge is 0.272 e. The van der Waals surface area contributed by atoms with Crippen molar-refractivity contribution in [2.45, 2.75) is 32.6 Å². The predicted octanol–water partition coefficient (Wildman–Crippen LogP) is 5.71. The van der Waals surface area contributed by atoms with Crippen LogP contribution in [0.5, 0.6) is 0 Å². The van der Waals surface area contributed by atoms with Crippen LogP contribution in [0.3, 0.4) is 0 Å². The van der Waals surface area contributed by atoms with Crippen LogP contribution in [-0.4, -0.2) is 11.6 Å². The van der Waals surface area contributed by atoms with Crippen LogP contribution in [0.15, 0.2) is 53.6 Å². The molecule has 0 aliphatic rings. The minimum absolute atomic E-state index is 0.308. The summed E-state index contributed by atoms with van der Waals surface area (Å²) in [5.74, 6) is -0.347. The fraction of sp³-hybridized carbons (Fsp3) is 0.263. The number of nitrogens with one attached hydrogen (secondary N) is 1. The first-order chi connectivity index (χ1) is 11.6. The third kappa shape index (κ3) is 5.36. The van der Waals surface area contributed by atoms with E-state index in [1.54, 1.807) is 18.2 Å². The molecule has 1 amide bonds. The molecule has 0 unspecified atom stereocenters. The van der Waals surface area contributed by atoms with Gasteiger partial charge in [-0.1, -0.05) is 73.3 Å². The van der Waals surface area contributed by atoms with Gasteiger partial charge in [0.1, 0.15) is 0 Å². The van der Waals surface area contributed by atoms with Gasteiger partial charge >= 0.3 is 0 Å². The molecule has 1 N–H and O–H groups in total. The summed E-state index contributed by atoms with van der Waals surface area (Å²) in [7, 11) is 0. The third-order valence-electron chi connectivity index (χ3n) is 3.59. The lowest BCUT2D eigenvalue weighted by Gasteiger charge is -2.08. The van der Waals surface area contributed by atoms with E-state index in [-0.39, 0.29) is 5.91 Å². The summed E-state index contributed by atoms with van der Waals surface area (Å²) in [5.41, 5.74) is 4.83. The first-order valence-corrected chi connectivity index (χ1v) is 8.74. The molecular formula is C19H20Cl2N2O. The highest BCUT2D eigenvalue weighted by atomic mass is 35.5. The molecule has 3 nitrogen and oxygen atoms in total. The van der Waals surface area contributed by atoms with E-state index in [1.807, 2.05) is 30.3 Å². The molecule has 0 radical (unpaired) electrons. The van der Waals surface area contributed by atoms with Crippen molar-refractivity contribution in [2.75, 3.05) is 0 Å². The molecule has 0 saturated carbocycles. The lowest BCUT2D eigenvalue weighted by Crippen LogP contribution is -2.20. The van der Waals surface area contributed by atoms with Gasteiger partial charge in [-0.15, -0.1) is 0 Å². The number of carbonyl (C=O) groups is 1. The molecule has 0 fully saturated rings. The lowest BCUT2D eigenvalue weighted by molar-refractivity contribution is 0.0955. The molecule has 0 saturated heterocycles. The van der Waals surface area contributed by atoms with Crippen molar-refractivity contribution in [2.24, 2.45) is 5.10 Å². The first kappa shape index (κ1) is 18.5. The Labute approximate surface area is 152 Å². The maximum Gasteiger partial charge on any atom is 0.272 e. The Morgan fingerprint density at radius 3 is 2.50 bits per heavy atom. The van der Waals surface area contributed by atoms with Gasteiger partial charge in [0.25, 0.3) is 5.91 Å². The van der Waals surface area contributed by atoms with E-state index < -0.39 is 0 Å². The van der Waals surface area contributed by atoms with E-state index >= 15 is 0 Å². The number of unbranched alkanes of at least 4 members (excludes halogenated alkanes) is 2. The Hall–Kier alpha value is -1.84. The molecule has 126 valence electrons. The van der Waals surface area contributed by atoms with E-state index in [2.05, 4.69) is 17.5 Å². The Morgan fingerprint density at radius 1 is 1.08 bits per heavy atom. The zero-order valence-corrected chi connectivity index (χ0v) is 15.1. The van der Waals surface area contributed by atoms with Gasteiger partial charge in [-0.2, -0.15) is 5.10 Å². The van der Waals surface area contributed by atoms with Gasteiger partial charge in [0.15, 0.2) is 0 Å². The number of hydrazone groups is 1. The third-order valence-corrected chi connectivity index (χ3v) is 4.14.